The van der Waals surface area contributed by atoms with Gasteiger partial charge in [-0.3, -0.25) is 9.36 Å². The highest BCUT2D eigenvalue weighted by atomic mass is 35.5. The van der Waals surface area contributed by atoms with Crippen molar-refractivity contribution in [3.8, 4) is 23.1 Å². The van der Waals surface area contributed by atoms with Gasteiger partial charge in [0.2, 0.25) is 0 Å². The molecule has 2 aromatic heterocycles. The summed E-state index contributed by atoms with van der Waals surface area (Å²) in [6.45, 7) is 3.71. The normalized spacial score (nSPS) is 12.2. The fourth-order valence-corrected chi connectivity index (χ4v) is 3.72. The van der Waals surface area contributed by atoms with E-state index in [0.717, 1.165) is 25.6 Å². The first-order chi connectivity index (χ1) is 18.4. The number of esters is 1. The average Bonchev–Trinajstić information content (AvgIpc) is 2.86. The van der Waals surface area contributed by atoms with Crippen molar-refractivity contribution in [2.45, 2.75) is 45.4 Å². The third-order valence-corrected chi connectivity index (χ3v) is 5.73. The summed E-state index contributed by atoms with van der Waals surface area (Å²) in [5.41, 5.74) is -5.07. The average molecular weight is 574 g/mol. The number of benzene rings is 1. The fourth-order valence-electron chi connectivity index (χ4n) is 3.53. The Kier molecular flexibility index (Phi) is 9.38. The molecule has 0 aliphatic rings. The molecule has 0 bridgehead atoms. The number of halogens is 5. The van der Waals surface area contributed by atoms with Crippen LogP contribution in [0.5, 0.6) is 17.4 Å². The number of hydrogen-bond donors (Lipinski definition) is 0. The van der Waals surface area contributed by atoms with Crippen LogP contribution in [0.3, 0.4) is 0 Å². The van der Waals surface area contributed by atoms with Gasteiger partial charge in [-0.1, -0.05) is 24.9 Å². The summed E-state index contributed by atoms with van der Waals surface area (Å²) in [5.74, 6) is -2.24. The van der Waals surface area contributed by atoms with Crippen molar-refractivity contribution in [3.63, 3.8) is 0 Å². The van der Waals surface area contributed by atoms with Gasteiger partial charge < -0.3 is 14.2 Å². The highest BCUT2D eigenvalue weighted by molar-refractivity contribution is 6.32. The second-order valence-electron chi connectivity index (χ2n) is 8.19. The van der Waals surface area contributed by atoms with Gasteiger partial charge in [-0.2, -0.15) is 13.2 Å². The van der Waals surface area contributed by atoms with Crippen LogP contribution in [0, 0.1) is 5.82 Å². The van der Waals surface area contributed by atoms with Crippen molar-refractivity contribution in [3.05, 3.63) is 73.9 Å². The molecular formula is C25H24ClF4N3O6. The molecule has 0 fully saturated rings. The minimum absolute atomic E-state index is 0.0598. The molecule has 0 amide bonds. The summed E-state index contributed by atoms with van der Waals surface area (Å²) in [6.07, 6.45) is -2.87. The number of carbonyl (C=O) groups excluding carboxylic acids is 1. The van der Waals surface area contributed by atoms with Crippen LogP contribution >= 0.6 is 11.6 Å². The lowest BCUT2D eigenvalue weighted by atomic mass is 10.1. The minimum Gasteiger partial charge on any atom is -0.463 e. The van der Waals surface area contributed by atoms with Crippen LogP contribution in [0.25, 0.3) is 5.69 Å². The zero-order valence-electron chi connectivity index (χ0n) is 21.1. The molecule has 0 spiro atoms. The zero-order valence-corrected chi connectivity index (χ0v) is 21.8. The molecule has 1 atom stereocenters. The molecule has 2 heterocycles. The maximum Gasteiger partial charge on any atom is 0.431 e. The van der Waals surface area contributed by atoms with Crippen LogP contribution in [-0.4, -0.2) is 32.8 Å². The summed E-state index contributed by atoms with van der Waals surface area (Å²) in [5, 5.41) is -0.296. The topological polar surface area (TPSA) is 102 Å². The maximum absolute atomic E-state index is 14.9. The largest absolute Gasteiger partial charge is 0.463 e. The number of aromatic nitrogens is 3. The van der Waals surface area contributed by atoms with E-state index < -0.39 is 46.7 Å². The SMILES string of the molecule is CCCCC(Oc1ncccc1Oc1cc(-n2c(=O)cc(C(F)(F)F)n(C)c2=O)c(F)cc1Cl)C(=O)OCC. The number of alkyl halides is 3. The van der Waals surface area contributed by atoms with Gasteiger partial charge >= 0.3 is 17.8 Å². The lowest BCUT2D eigenvalue weighted by molar-refractivity contribution is -0.152. The summed E-state index contributed by atoms with van der Waals surface area (Å²) < 4.78 is 71.4. The van der Waals surface area contributed by atoms with E-state index in [1.54, 1.807) is 6.92 Å². The third-order valence-electron chi connectivity index (χ3n) is 5.43. The molecule has 1 aromatic carbocycles. The Bertz CT molecular complexity index is 1470. The Labute approximate surface area is 224 Å². The number of unbranched alkanes of at least 4 members (excludes halogenated alkanes) is 1. The molecular weight excluding hydrogens is 550 g/mol. The van der Waals surface area contributed by atoms with E-state index in [2.05, 4.69) is 4.98 Å². The molecule has 3 rings (SSSR count). The molecule has 210 valence electrons. The molecule has 0 aliphatic carbocycles. The van der Waals surface area contributed by atoms with Crippen molar-refractivity contribution in [1.29, 1.82) is 0 Å². The van der Waals surface area contributed by atoms with E-state index >= 15 is 0 Å². The Morgan fingerprint density at radius 2 is 1.87 bits per heavy atom. The number of carbonyl (C=O) groups is 1. The van der Waals surface area contributed by atoms with Gasteiger partial charge in [0.25, 0.3) is 11.4 Å². The second kappa shape index (κ2) is 12.3. The Hall–Kier alpha value is -3.87. The van der Waals surface area contributed by atoms with Crippen LogP contribution < -0.4 is 20.7 Å². The van der Waals surface area contributed by atoms with Gasteiger partial charge in [0.15, 0.2) is 11.9 Å². The molecule has 0 radical (unpaired) electrons. The van der Waals surface area contributed by atoms with Gasteiger partial charge in [0.1, 0.15) is 17.3 Å². The second-order valence-corrected chi connectivity index (χ2v) is 8.59. The first-order valence-electron chi connectivity index (χ1n) is 11.7. The van der Waals surface area contributed by atoms with Crippen LogP contribution in [0.2, 0.25) is 5.02 Å². The van der Waals surface area contributed by atoms with Gasteiger partial charge in [-0.15, -0.1) is 0 Å². The van der Waals surface area contributed by atoms with Crippen LogP contribution in [0.1, 0.15) is 38.8 Å². The Morgan fingerprint density at radius 3 is 2.51 bits per heavy atom. The van der Waals surface area contributed by atoms with Crippen molar-refractivity contribution in [2.75, 3.05) is 6.61 Å². The minimum atomic E-state index is -4.99. The highest BCUT2D eigenvalue weighted by Crippen LogP contribution is 2.36. The Balaban J connectivity index is 2.05. The smallest absolute Gasteiger partial charge is 0.431 e. The summed E-state index contributed by atoms with van der Waals surface area (Å²) in [4.78, 5) is 41.6. The van der Waals surface area contributed by atoms with E-state index in [9.17, 15) is 31.9 Å². The molecule has 0 saturated carbocycles. The van der Waals surface area contributed by atoms with Crippen molar-refractivity contribution < 1.29 is 36.6 Å². The van der Waals surface area contributed by atoms with Gasteiger partial charge in [-0.05, 0) is 38.0 Å². The molecule has 0 N–H and O–H groups in total. The lowest BCUT2D eigenvalue weighted by Crippen LogP contribution is -2.41. The lowest BCUT2D eigenvalue weighted by Gasteiger charge is -2.19. The number of ether oxygens (including phenoxy) is 3. The van der Waals surface area contributed by atoms with Gasteiger partial charge in [0.05, 0.1) is 17.3 Å². The fraction of sp³-hybridized carbons (Fsp3) is 0.360. The van der Waals surface area contributed by atoms with Crippen molar-refractivity contribution in [2.24, 2.45) is 7.05 Å². The van der Waals surface area contributed by atoms with Crippen LogP contribution in [0.15, 0.2) is 46.1 Å². The van der Waals surface area contributed by atoms with Gasteiger partial charge in [0, 0.05) is 25.4 Å². The molecule has 0 saturated heterocycles. The number of pyridine rings is 1. The molecule has 9 nitrogen and oxygen atoms in total. The Morgan fingerprint density at radius 1 is 1.15 bits per heavy atom. The van der Waals surface area contributed by atoms with E-state index in [4.69, 9.17) is 25.8 Å². The van der Waals surface area contributed by atoms with Crippen molar-refractivity contribution in [1.82, 2.24) is 14.1 Å². The number of rotatable bonds is 10. The molecule has 0 aliphatic heterocycles. The quantitative estimate of drug-likeness (QED) is 0.247. The van der Waals surface area contributed by atoms with E-state index in [1.165, 1.54) is 18.3 Å². The van der Waals surface area contributed by atoms with E-state index in [1.807, 2.05) is 6.92 Å². The van der Waals surface area contributed by atoms with E-state index in [-0.39, 0.29) is 44.2 Å². The predicted molar refractivity (Wildman–Crippen MR) is 132 cm³/mol. The molecule has 39 heavy (non-hydrogen) atoms. The zero-order chi connectivity index (χ0) is 28.9. The summed E-state index contributed by atoms with van der Waals surface area (Å²) in [7, 11) is 0.796. The van der Waals surface area contributed by atoms with Crippen LogP contribution in [0.4, 0.5) is 17.6 Å². The first kappa shape index (κ1) is 29.7. The highest BCUT2D eigenvalue weighted by Gasteiger charge is 2.35. The predicted octanol–water partition coefficient (Wildman–Crippen LogP) is 5.04. The number of nitrogens with zero attached hydrogens (tertiary/aromatic N) is 3. The third kappa shape index (κ3) is 6.77. The maximum atomic E-state index is 14.9. The van der Waals surface area contributed by atoms with Crippen LogP contribution in [-0.2, 0) is 22.8 Å². The summed E-state index contributed by atoms with van der Waals surface area (Å²) >= 11 is 6.13. The molecule has 14 heteroatoms. The van der Waals surface area contributed by atoms with Gasteiger partial charge in [-0.25, -0.2) is 23.5 Å². The monoisotopic (exact) mass is 573 g/mol. The summed E-state index contributed by atoms with van der Waals surface area (Å²) in [6, 6.07) is 4.67. The first-order valence-corrected chi connectivity index (χ1v) is 12.1. The molecule has 3 aromatic rings. The number of hydrogen-bond acceptors (Lipinski definition) is 7. The van der Waals surface area contributed by atoms with E-state index in [0.29, 0.717) is 12.8 Å². The molecule has 1 unspecified atom stereocenters. The standard InChI is InChI=1S/C25H24ClF4N3O6/c1-4-6-8-18(23(35)37-5-2)39-22-17(9-7-10-31-22)38-19-12-16(15(27)11-14(19)26)33-21(34)13-20(25(28,29)30)32(3)24(33)36/h7,9-13,18H,4-6,8H2,1-3H3. The van der Waals surface area contributed by atoms with Crippen molar-refractivity contribution >= 4 is 17.6 Å².